The van der Waals surface area contributed by atoms with Crippen LogP contribution in [0.3, 0.4) is 0 Å². The second kappa shape index (κ2) is 47.3. The fourth-order valence-electron chi connectivity index (χ4n) is 19.0. The molecule has 16 aromatic carbocycles. The number of nitrogens with zero attached hydrogens (tertiary/aromatic N) is 6. The van der Waals surface area contributed by atoms with E-state index >= 15 is 0 Å². The Morgan fingerprint density at radius 1 is 0.201 bits per heavy atom. The lowest BCUT2D eigenvalue weighted by Gasteiger charge is -2.31. The van der Waals surface area contributed by atoms with Gasteiger partial charge in [-0.1, -0.05) is 374 Å². The molecule has 0 fully saturated rings. The first-order valence-electron chi connectivity index (χ1n) is 48.8. The fourth-order valence-corrected chi connectivity index (χ4v) is 21.2. The number of rotatable bonds is 8. The van der Waals surface area contributed by atoms with Gasteiger partial charge in [-0.2, -0.15) is 0 Å². The molecule has 0 saturated heterocycles. The quantitative estimate of drug-likeness (QED) is 0.149. The molecule has 18 aromatic rings. The van der Waals surface area contributed by atoms with E-state index in [2.05, 4.69) is 413 Å². The summed E-state index contributed by atoms with van der Waals surface area (Å²) in [4.78, 5) is 14.7. The molecule has 684 valence electrons. The highest BCUT2D eigenvalue weighted by atomic mass is 32.2. The van der Waals surface area contributed by atoms with Crippen molar-refractivity contribution < 1.29 is 9.47 Å². The summed E-state index contributed by atoms with van der Waals surface area (Å²) in [5.41, 5.74) is 27.2. The summed E-state index contributed by atoms with van der Waals surface area (Å²) < 4.78 is 16.5. The topological polar surface area (TPSA) is 41.3 Å². The van der Waals surface area contributed by atoms with E-state index < -0.39 is 0 Å². The molecule has 2 aromatic heterocycles. The predicted molar refractivity (Wildman–Crippen MR) is 584 cm³/mol. The standard InChI is InChI=1S/2C16H16.2C14H13NO.2C14H13NS.2C14H13N.4C2H6/c2*1-3-16(2)14-10-6-4-8-12(14)13-9-5-7-11-15(13)16;4*1-2-15-11-7-3-5-9-13(11)16-14-10-6-4-8-12(14)15;2*1-2-15-13-9-5-3-7-11(13)12-8-4-6-10-14(12)15;4*1-2/h2*4-11H,3H2,1-2H3;4*3-10H,2H2,1H3;2*3-10H,2H2,1H3;4*1-2H3. The highest BCUT2D eigenvalue weighted by Crippen LogP contribution is 2.55. The average molecular weight is 1800 g/mol. The molecule has 0 saturated carbocycles. The molecule has 4 aliphatic heterocycles. The average Bonchev–Trinajstić information content (AvgIpc) is 1.59. The monoisotopic (exact) mass is 1800 g/mol. The van der Waals surface area contributed by atoms with Gasteiger partial charge in [-0.25, -0.2) is 0 Å². The second-order valence-corrected chi connectivity index (χ2v) is 34.4. The van der Waals surface area contributed by atoms with E-state index in [1.54, 1.807) is 0 Å². The number of benzene rings is 16. The van der Waals surface area contributed by atoms with E-state index in [-0.39, 0.29) is 10.8 Å². The van der Waals surface area contributed by atoms with E-state index in [1.807, 2.05) is 152 Å². The van der Waals surface area contributed by atoms with Gasteiger partial charge in [0.1, 0.15) is 0 Å². The fraction of sp³-hybridized carbons (Fsp3) is 0.226. The van der Waals surface area contributed by atoms with Crippen LogP contribution in [0.2, 0.25) is 0 Å². The smallest absolute Gasteiger partial charge is 0.151 e. The lowest BCUT2D eigenvalue weighted by molar-refractivity contribution is 0.473. The van der Waals surface area contributed by atoms with Gasteiger partial charge in [0.2, 0.25) is 0 Å². The second-order valence-electron chi connectivity index (χ2n) is 32.2. The Bertz CT molecular complexity index is 5880. The van der Waals surface area contributed by atoms with Gasteiger partial charge in [0.05, 0.1) is 45.5 Å². The van der Waals surface area contributed by atoms with E-state index in [4.69, 9.17) is 9.47 Å². The third-order valence-electron chi connectivity index (χ3n) is 25.5. The van der Waals surface area contributed by atoms with Crippen LogP contribution >= 0.6 is 23.5 Å². The molecular weight excluding hydrogens is 1670 g/mol. The zero-order chi connectivity index (χ0) is 94.7. The van der Waals surface area contributed by atoms with E-state index in [1.165, 1.54) is 130 Å². The number of anilines is 8. The Morgan fingerprint density at radius 3 is 0.597 bits per heavy atom. The number of para-hydroxylation sites is 16. The van der Waals surface area contributed by atoms with Crippen molar-refractivity contribution in [2.45, 2.75) is 181 Å². The molecular formula is C124H134N6O2S2. The Balaban J connectivity index is 0.000000128. The first-order chi connectivity index (χ1) is 66.0. The Hall–Kier alpha value is -13.4. The Kier molecular flexibility index (Phi) is 34.6. The SMILES string of the molecule is CC.CC.CC.CC.CCC1(C)c2ccccc2-c2ccccc21.CCC1(C)c2ccccc2-c2ccccc21.CCN1c2ccccc2Oc2ccccc21.CCN1c2ccccc2Oc2ccccc21.CCN1c2ccccc2Sc2ccccc21.CCN1c2ccccc2Sc2ccccc21.CCn1c2ccccc2c2ccccc21.CCn1c2ccccc2c2ccccc21. The van der Waals surface area contributed by atoms with Gasteiger partial charge < -0.3 is 38.2 Å². The van der Waals surface area contributed by atoms with Gasteiger partial charge in [0, 0.05) is 113 Å². The molecule has 0 N–H and O–H groups in total. The molecule has 134 heavy (non-hydrogen) atoms. The lowest BCUT2D eigenvalue weighted by Crippen LogP contribution is -2.20. The highest BCUT2D eigenvalue weighted by molar-refractivity contribution is 8.00. The van der Waals surface area contributed by atoms with Gasteiger partial charge in [0.15, 0.2) is 23.0 Å². The molecule has 0 radical (unpaired) electrons. The molecule has 0 amide bonds. The van der Waals surface area contributed by atoms with Crippen molar-refractivity contribution in [1.82, 2.24) is 9.13 Å². The van der Waals surface area contributed by atoms with Crippen LogP contribution in [0.15, 0.2) is 408 Å². The molecule has 0 bridgehead atoms. The van der Waals surface area contributed by atoms with Crippen LogP contribution in [0.25, 0.3) is 65.9 Å². The van der Waals surface area contributed by atoms with Crippen LogP contribution in [0.4, 0.5) is 45.5 Å². The summed E-state index contributed by atoms with van der Waals surface area (Å²) >= 11 is 3.72. The first-order valence-corrected chi connectivity index (χ1v) is 50.4. The molecule has 6 aliphatic rings. The summed E-state index contributed by atoms with van der Waals surface area (Å²) in [5.74, 6) is 3.73. The normalized spacial score (nSPS) is 12.6. The molecule has 6 heterocycles. The number of hydrogen-bond acceptors (Lipinski definition) is 8. The van der Waals surface area contributed by atoms with Crippen molar-refractivity contribution in [1.29, 1.82) is 0 Å². The van der Waals surface area contributed by atoms with Crippen LogP contribution in [0.1, 0.15) is 160 Å². The minimum Gasteiger partial charge on any atom is -0.453 e. The van der Waals surface area contributed by atoms with Gasteiger partial charge in [-0.3, -0.25) is 0 Å². The summed E-state index contributed by atoms with van der Waals surface area (Å²) in [6.07, 6.45) is 2.31. The molecule has 0 unspecified atom stereocenters. The molecule has 8 nitrogen and oxygen atoms in total. The van der Waals surface area contributed by atoms with E-state index in [0.717, 1.165) is 97.9 Å². The van der Waals surface area contributed by atoms with Gasteiger partial charge in [-0.05, 0) is 220 Å². The van der Waals surface area contributed by atoms with Gasteiger partial charge >= 0.3 is 0 Å². The summed E-state index contributed by atoms with van der Waals surface area (Å²) in [5, 5.41) is 5.43. The van der Waals surface area contributed by atoms with Crippen molar-refractivity contribution in [2.75, 3.05) is 45.8 Å². The number of ether oxygens (including phenoxy) is 2. The van der Waals surface area contributed by atoms with Gasteiger partial charge in [0.25, 0.3) is 0 Å². The Labute approximate surface area is 807 Å². The number of aryl methyl sites for hydroxylation is 2. The van der Waals surface area contributed by atoms with Crippen molar-refractivity contribution in [3.05, 3.63) is 411 Å². The molecule has 24 rings (SSSR count). The molecule has 10 heteroatoms. The van der Waals surface area contributed by atoms with Crippen LogP contribution in [-0.2, 0) is 23.9 Å². The van der Waals surface area contributed by atoms with Crippen LogP contribution in [0, 0.1) is 0 Å². The largest absolute Gasteiger partial charge is 0.453 e. The minimum absolute atomic E-state index is 0.202. The molecule has 0 atom stereocenters. The number of hydrogen-bond donors (Lipinski definition) is 0. The lowest BCUT2D eigenvalue weighted by atomic mass is 9.78. The van der Waals surface area contributed by atoms with E-state index in [9.17, 15) is 0 Å². The number of fused-ring (bicyclic) bond motifs is 20. The predicted octanol–water partition coefficient (Wildman–Crippen LogP) is 37.0. The maximum Gasteiger partial charge on any atom is 0.151 e. The van der Waals surface area contributed by atoms with Crippen molar-refractivity contribution >= 4 is 113 Å². The zero-order valence-corrected chi connectivity index (χ0v) is 83.6. The number of aromatic nitrogens is 2. The minimum atomic E-state index is 0.202. The van der Waals surface area contributed by atoms with Crippen LogP contribution in [0.5, 0.6) is 23.0 Å². The van der Waals surface area contributed by atoms with Crippen molar-refractivity contribution in [2.24, 2.45) is 0 Å². The molecule has 0 spiro atoms. The van der Waals surface area contributed by atoms with Crippen molar-refractivity contribution in [3.8, 4) is 45.3 Å². The Morgan fingerprint density at radius 2 is 0.381 bits per heavy atom. The van der Waals surface area contributed by atoms with Crippen molar-refractivity contribution in [3.63, 3.8) is 0 Å². The first kappa shape index (κ1) is 98.1. The summed E-state index contributed by atoms with van der Waals surface area (Å²) in [7, 11) is 0. The third-order valence-corrected chi connectivity index (χ3v) is 27.7. The van der Waals surface area contributed by atoms with E-state index in [0.29, 0.717) is 0 Å². The maximum atomic E-state index is 5.87. The van der Waals surface area contributed by atoms with Gasteiger partial charge in [-0.15, -0.1) is 0 Å². The summed E-state index contributed by atoms with van der Waals surface area (Å²) in [6, 6.07) is 137. The van der Waals surface area contributed by atoms with Crippen LogP contribution < -0.4 is 29.1 Å². The van der Waals surface area contributed by atoms with Crippen LogP contribution in [-0.4, -0.2) is 35.3 Å². The third kappa shape index (κ3) is 20.3. The highest BCUT2D eigenvalue weighted by Gasteiger charge is 2.39. The maximum absolute atomic E-state index is 5.87. The molecule has 2 aliphatic carbocycles. The zero-order valence-electron chi connectivity index (χ0n) is 81.9. The summed E-state index contributed by atoms with van der Waals surface area (Å²) in [6.45, 7) is 44.3.